The van der Waals surface area contributed by atoms with Gasteiger partial charge in [0.15, 0.2) is 11.6 Å². The van der Waals surface area contributed by atoms with Gasteiger partial charge in [-0.3, -0.25) is 9.69 Å². The van der Waals surface area contributed by atoms with Crippen molar-refractivity contribution >= 4 is 29.2 Å². The van der Waals surface area contributed by atoms with Gasteiger partial charge in [0.05, 0.1) is 6.61 Å². The van der Waals surface area contributed by atoms with Crippen molar-refractivity contribution in [1.29, 1.82) is 0 Å². The quantitative estimate of drug-likeness (QED) is 0.184. The lowest BCUT2D eigenvalue weighted by Gasteiger charge is -2.32. The third kappa shape index (κ3) is 10.5. The lowest BCUT2D eigenvalue weighted by atomic mass is 10.1. The van der Waals surface area contributed by atoms with E-state index in [4.69, 9.17) is 14.5 Å². The van der Waals surface area contributed by atoms with Crippen LogP contribution in [0.1, 0.15) is 43.4 Å². The Bertz CT molecular complexity index is 1720. The Morgan fingerprint density at radius 2 is 1.71 bits per heavy atom. The molecule has 1 atom stereocenters. The van der Waals surface area contributed by atoms with Crippen molar-refractivity contribution in [2.24, 2.45) is 4.99 Å². The maximum Gasteiger partial charge on any atom is 0.329 e. The van der Waals surface area contributed by atoms with E-state index in [1.165, 1.54) is 11.0 Å². The Balaban J connectivity index is 1.27. The number of para-hydroxylation sites is 1. The van der Waals surface area contributed by atoms with Crippen LogP contribution in [0.3, 0.4) is 0 Å². The smallest absolute Gasteiger partial charge is 0.329 e. The number of nitrogens with zero attached hydrogens (tertiary/aromatic N) is 5. The van der Waals surface area contributed by atoms with Gasteiger partial charge < -0.3 is 34.8 Å². The number of halogens is 1. The van der Waals surface area contributed by atoms with E-state index in [0.717, 1.165) is 55.8 Å². The minimum Gasteiger partial charge on any atom is -0.490 e. The number of ether oxygens (including phenoxy) is 2. The van der Waals surface area contributed by atoms with Gasteiger partial charge in [-0.15, -0.1) is 0 Å². The van der Waals surface area contributed by atoms with Crippen molar-refractivity contribution in [2.75, 3.05) is 70.1 Å². The van der Waals surface area contributed by atoms with Gasteiger partial charge in [-0.2, -0.15) is 0 Å². The highest BCUT2D eigenvalue weighted by Gasteiger charge is 2.27. The largest absolute Gasteiger partial charge is 0.490 e. The van der Waals surface area contributed by atoms with E-state index in [9.17, 15) is 9.59 Å². The van der Waals surface area contributed by atoms with Gasteiger partial charge in [0.25, 0.3) is 0 Å². The van der Waals surface area contributed by atoms with Crippen LogP contribution in [-0.2, 0) is 11.2 Å². The molecule has 5 rings (SSSR count). The number of amides is 3. The first kappa shape index (κ1) is 38.3. The molecular formula is C40H52FN7O4. The summed E-state index contributed by atoms with van der Waals surface area (Å²) in [5.41, 5.74) is 3.93. The van der Waals surface area contributed by atoms with Gasteiger partial charge in [-0.05, 0) is 88.5 Å². The van der Waals surface area contributed by atoms with Gasteiger partial charge in [0.2, 0.25) is 18.1 Å². The zero-order chi connectivity index (χ0) is 37.0. The topological polar surface area (TPSA) is 102 Å². The molecule has 3 amide bonds. The van der Waals surface area contributed by atoms with Gasteiger partial charge in [-0.25, -0.2) is 14.2 Å². The lowest BCUT2D eigenvalue weighted by Crippen LogP contribution is -2.45. The summed E-state index contributed by atoms with van der Waals surface area (Å²) in [5.74, 6) is 0.568. The SMILES string of the molecule is CCN(CC)C(=O)CCc1cccc(OC2=NC(Nc3ccc(OCCCN4CCN(C)CC4)c(F)c3)N(C(=O)Nc3c(C)cccc3C)C=C2)c1. The molecule has 12 heteroatoms. The summed E-state index contributed by atoms with van der Waals surface area (Å²) in [6.45, 7) is 14.7. The van der Waals surface area contributed by atoms with Crippen molar-refractivity contribution in [3.05, 3.63) is 95.4 Å². The van der Waals surface area contributed by atoms with Gasteiger partial charge in [0.1, 0.15) is 5.75 Å². The number of aryl methyl sites for hydroxylation is 3. The van der Waals surface area contributed by atoms with Crippen molar-refractivity contribution < 1.29 is 23.5 Å². The first-order valence-corrected chi connectivity index (χ1v) is 18.2. The number of hydrogen-bond acceptors (Lipinski definition) is 8. The number of rotatable bonds is 14. The average molecular weight is 714 g/mol. The molecule has 1 unspecified atom stereocenters. The minimum absolute atomic E-state index is 0.112. The van der Waals surface area contributed by atoms with Crippen LogP contribution in [0.2, 0.25) is 0 Å². The summed E-state index contributed by atoms with van der Waals surface area (Å²) in [6, 6.07) is 17.5. The summed E-state index contributed by atoms with van der Waals surface area (Å²) in [4.78, 5) is 38.9. The number of carbonyl (C=O) groups excluding carboxylic acids is 2. The van der Waals surface area contributed by atoms with Gasteiger partial charge in [-0.1, -0.05) is 30.3 Å². The molecule has 0 bridgehead atoms. The number of likely N-dealkylation sites (N-methyl/N-ethyl adjacent to an activating group) is 1. The van der Waals surface area contributed by atoms with E-state index in [1.54, 1.807) is 24.4 Å². The number of carbonyl (C=O) groups is 2. The number of benzene rings is 3. The van der Waals surface area contributed by atoms with Crippen LogP contribution in [0.15, 0.2) is 77.9 Å². The first-order valence-electron chi connectivity index (χ1n) is 18.2. The van der Waals surface area contributed by atoms with Gasteiger partial charge >= 0.3 is 6.03 Å². The highest BCUT2D eigenvalue weighted by Crippen LogP contribution is 2.26. The maximum atomic E-state index is 15.3. The van der Waals surface area contributed by atoms with Crippen LogP contribution in [0.25, 0.3) is 0 Å². The van der Waals surface area contributed by atoms with E-state index in [2.05, 4.69) is 27.5 Å². The third-order valence-electron chi connectivity index (χ3n) is 9.40. The van der Waals surface area contributed by atoms with Crippen molar-refractivity contribution in [1.82, 2.24) is 19.6 Å². The summed E-state index contributed by atoms with van der Waals surface area (Å²) < 4.78 is 27.2. The number of piperazine rings is 1. The fraction of sp³-hybridized carbons (Fsp3) is 0.425. The minimum atomic E-state index is -0.964. The average Bonchev–Trinajstić information content (AvgIpc) is 3.13. The Labute approximate surface area is 307 Å². The molecule has 3 aromatic carbocycles. The van der Waals surface area contributed by atoms with Crippen LogP contribution in [0, 0.1) is 19.7 Å². The van der Waals surface area contributed by atoms with Crippen LogP contribution in [0.5, 0.6) is 11.5 Å². The first-order chi connectivity index (χ1) is 25.1. The molecule has 0 saturated carbocycles. The zero-order valence-corrected chi connectivity index (χ0v) is 31.0. The van der Waals surface area contributed by atoms with Crippen molar-refractivity contribution in [3.8, 4) is 11.5 Å². The number of hydrogen-bond donors (Lipinski definition) is 2. The Morgan fingerprint density at radius 1 is 0.981 bits per heavy atom. The Morgan fingerprint density at radius 3 is 2.42 bits per heavy atom. The zero-order valence-electron chi connectivity index (χ0n) is 31.0. The van der Waals surface area contributed by atoms with Crippen LogP contribution < -0.4 is 20.1 Å². The molecule has 2 aliphatic rings. The van der Waals surface area contributed by atoms with Crippen LogP contribution in [-0.4, -0.2) is 103 Å². The number of anilines is 2. The number of aliphatic imine (C=N–C) groups is 1. The van der Waals surface area contributed by atoms with E-state index >= 15 is 4.39 Å². The number of nitrogens with one attached hydrogen (secondary N) is 2. The summed E-state index contributed by atoms with van der Waals surface area (Å²) in [5, 5.41) is 6.19. The molecule has 2 N–H and O–H groups in total. The normalized spacial score (nSPS) is 16.3. The second-order valence-corrected chi connectivity index (χ2v) is 13.2. The van der Waals surface area contributed by atoms with E-state index in [1.807, 2.05) is 75.1 Å². The molecule has 2 aliphatic heterocycles. The van der Waals surface area contributed by atoms with Crippen LogP contribution >= 0.6 is 0 Å². The fourth-order valence-electron chi connectivity index (χ4n) is 6.24. The van der Waals surface area contributed by atoms with Crippen LogP contribution in [0.4, 0.5) is 20.6 Å². The molecule has 52 heavy (non-hydrogen) atoms. The number of urea groups is 1. The second-order valence-electron chi connectivity index (χ2n) is 13.2. The maximum absolute atomic E-state index is 15.3. The second kappa shape index (κ2) is 18.5. The highest BCUT2D eigenvalue weighted by molar-refractivity contribution is 5.96. The molecular weight excluding hydrogens is 661 g/mol. The van der Waals surface area contributed by atoms with Crippen molar-refractivity contribution in [2.45, 2.75) is 53.2 Å². The Kier molecular flexibility index (Phi) is 13.6. The van der Waals surface area contributed by atoms with E-state index < -0.39 is 18.1 Å². The molecule has 11 nitrogen and oxygen atoms in total. The monoisotopic (exact) mass is 713 g/mol. The molecule has 1 saturated heterocycles. The van der Waals surface area contributed by atoms with E-state index in [0.29, 0.717) is 49.7 Å². The molecule has 278 valence electrons. The van der Waals surface area contributed by atoms with E-state index in [-0.39, 0.29) is 17.6 Å². The standard InChI is InChI=1S/C40H52FN7O4/c1-6-47(7-2)37(49)18-15-31-13-9-14-33(27-31)52-36-19-21-48(40(50)44-38-29(3)11-8-12-30(38)4)39(43-36)42-32-16-17-35(34(41)28-32)51-26-10-20-46-24-22-45(5)23-25-46/h8-9,11-14,16-17,19,21,27-28,39,42H,6-7,10,15,18,20,22-26H2,1-5H3,(H,44,50). The third-order valence-corrected chi connectivity index (χ3v) is 9.40. The lowest BCUT2D eigenvalue weighted by molar-refractivity contribution is -0.130. The summed E-state index contributed by atoms with van der Waals surface area (Å²) in [6.07, 6.45) is 4.01. The molecule has 1 fully saturated rings. The molecule has 0 spiro atoms. The highest BCUT2D eigenvalue weighted by atomic mass is 19.1. The summed E-state index contributed by atoms with van der Waals surface area (Å²) in [7, 11) is 2.13. The molecule has 0 radical (unpaired) electrons. The predicted molar refractivity (Wildman–Crippen MR) is 205 cm³/mol. The molecule has 2 heterocycles. The summed E-state index contributed by atoms with van der Waals surface area (Å²) >= 11 is 0. The molecule has 3 aromatic rings. The molecule has 0 aromatic heterocycles. The van der Waals surface area contributed by atoms with Gasteiger partial charge in [0, 0.05) is 82.0 Å². The van der Waals surface area contributed by atoms with Crippen molar-refractivity contribution in [3.63, 3.8) is 0 Å². The predicted octanol–water partition coefficient (Wildman–Crippen LogP) is 6.49. The Hall–Kier alpha value is -4.94. The molecule has 0 aliphatic carbocycles. The fourth-order valence-corrected chi connectivity index (χ4v) is 6.24.